The number of carbonyl (C=O) groups excluding carboxylic acids is 1. The van der Waals surface area contributed by atoms with Crippen LogP contribution in [0.1, 0.15) is 32.3 Å². The molecule has 22 heavy (non-hydrogen) atoms. The summed E-state index contributed by atoms with van der Waals surface area (Å²) in [6, 6.07) is 6.18. The molecule has 122 valence electrons. The highest BCUT2D eigenvalue weighted by molar-refractivity contribution is 9.10. The van der Waals surface area contributed by atoms with Crippen LogP contribution >= 0.6 is 15.9 Å². The summed E-state index contributed by atoms with van der Waals surface area (Å²) in [5.74, 6) is 0.702. The molecule has 0 spiro atoms. The van der Waals surface area contributed by atoms with Crippen LogP contribution in [0.25, 0.3) is 0 Å². The van der Waals surface area contributed by atoms with E-state index in [1.54, 1.807) is 7.05 Å². The van der Waals surface area contributed by atoms with Crippen molar-refractivity contribution in [3.05, 3.63) is 28.2 Å². The van der Waals surface area contributed by atoms with Gasteiger partial charge in [0.15, 0.2) is 5.96 Å². The third-order valence-corrected chi connectivity index (χ3v) is 3.83. The minimum atomic E-state index is -0.0207. The van der Waals surface area contributed by atoms with Crippen molar-refractivity contribution >= 4 is 33.5 Å². The van der Waals surface area contributed by atoms with E-state index in [1.807, 2.05) is 25.1 Å². The van der Waals surface area contributed by atoms with E-state index in [0.29, 0.717) is 19.0 Å². The number of hydrogen-bond acceptors (Lipinski definition) is 2. The number of rotatable bonds is 6. The summed E-state index contributed by atoms with van der Waals surface area (Å²) in [7, 11) is 1.72. The first-order valence-electron chi connectivity index (χ1n) is 7.49. The van der Waals surface area contributed by atoms with Gasteiger partial charge in [-0.15, -0.1) is 0 Å². The number of halogens is 1. The summed E-state index contributed by atoms with van der Waals surface area (Å²) < 4.78 is 0.949. The number of nitrogens with one attached hydrogen (secondary N) is 3. The normalized spacial score (nSPS) is 12.7. The minimum Gasteiger partial charge on any atom is -0.356 e. The van der Waals surface area contributed by atoms with Gasteiger partial charge in [-0.1, -0.05) is 28.9 Å². The van der Waals surface area contributed by atoms with E-state index < -0.39 is 0 Å². The van der Waals surface area contributed by atoms with Crippen molar-refractivity contribution in [3.63, 3.8) is 0 Å². The van der Waals surface area contributed by atoms with E-state index in [4.69, 9.17) is 0 Å². The second-order valence-electron chi connectivity index (χ2n) is 5.21. The molecule has 6 heteroatoms. The summed E-state index contributed by atoms with van der Waals surface area (Å²) in [6.45, 7) is 6.71. The molecule has 5 nitrogen and oxygen atoms in total. The Labute approximate surface area is 141 Å². The van der Waals surface area contributed by atoms with Crippen molar-refractivity contribution < 1.29 is 4.79 Å². The lowest BCUT2D eigenvalue weighted by molar-refractivity contribution is -0.116. The SMILES string of the molecule is CCC(C)NC(=NC)NCCC(=O)Nc1cc(Br)ccc1C. The van der Waals surface area contributed by atoms with Crippen molar-refractivity contribution in [2.45, 2.75) is 39.7 Å². The van der Waals surface area contributed by atoms with Crippen LogP contribution in [0.3, 0.4) is 0 Å². The summed E-state index contributed by atoms with van der Waals surface area (Å²) in [4.78, 5) is 16.1. The standard InChI is InChI=1S/C16H25BrN4O/c1-5-12(3)20-16(18-4)19-9-8-15(22)21-14-10-13(17)7-6-11(14)2/h6-7,10,12H,5,8-9H2,1-4H3,(H,21,22)(H2,18,19,20). The van der Waals surface area contributed by atoms with Gasteiger partial charge >= 0.3 is 0 Å². The predicted molar refractivity (Wildman–Crippen MR) is 96.4 cm³/mol. The second-order valence-corrected chi connectivity index (χ2v) is 6.13. The molecule has 1 rings (SSSR count). The van der Waals surface area contributed by atoms with E-state index in [1.165, 1.54) is 0 Å². The first-order valence-corrected chi connectivity index (χ1v) is 8.28. The monoisotopic (exact) mass is 368 g/mol. The van der Waals surface area contributed by atoms with Gasteiger partial charge in [0.25, 0.3) is 0 Å². The molecule has 0 bridgehead atoms. The predicted octanol–water partition coefficient (Wildman–Crippen LogP) is 3.05. The number of amides is 1. The Morgan fingerprint density at radius 3 is 2.77 bits per heavy atom. The van der Waals surface area contributed by atoms with Crippen molar-refractivity contribution in [2.24, 2.45) is 4.99 Å². The van der Waals surface area contributed by atoms with E-state index in [2.05, 4.69) is 50.7 Å². The van der Waals surface area contributed by atoms with Crippen LogP contribution in [0, 0.1) is 6.92 Å². The van der Waals surface area contributed by atoms with E-state index >= 15 is 0 Å². The lowest BCUT2D eigenvalue weighted by Crippen LogP contribution is -2.42. The number of anilines is 1. The molecule has 1 aromatic carbocycles. The van der Waals surface area contributed by atoms with Crippen LogP contribution in [0.5, 0.6) is 0 Å². The van der Waals surface area contributed by atoms with Gasteiger partial charge in [-0.05, 0) is 38.0 Å². The van der Waals surface area contributed by atoms with E-state index in [-0.39, 0.29) is 5.91 Å². The molecule has 0 saturated carbocycles. The molecule has 0 aliphatic carbocycles. The zero-order chi connectivity index (χ0) is 16.5. The summed E-state index contributed by atoms with van der Waals surface area (Å²) in [5, 5.41) is 9.33. The van der Waals surface area contributed by atoms with Crippen LogP contribution < -0.4 is 16.0 Å². The maximum atomic E-state index is 12.0. The van der Waals surface area contributed by atoms with Crippen molar-refractivity contribution in [1.29, 1.82) is 0 Å². The van der Waals surface area contributed by atoms with Crippen LogP contribution in [0.2, 0.25) is 0 Å². The van der Waals surface area contributed by atoms with Gasteiger partial charge in [0.05, 0.1) is 0 Å². The number of carbonyl (C=O) groups is 1. The number of nitrogens with zero attached hydrogens (tertiary/aromatic N) is 1. The minimum absolute atomic E-state index is 0.0207. The lowest BCUT2D eigenvalue weighted by Gasteiger charge is -2.16. The van der Waals surface area contributed by atoms with Crippen LogP contribution in [-0.2, 0) is 4.79 Å². The summed E-state index contributed by atoms with van der Waals surface area (Å²) in [5.41, 5.74) is 1.88. The molecule has 1 amide bonds. The lowest BCUT2D eigenvalue weighted by atomic mass is 10.2. The third-order valence-electron chi connectivity index (χ3n) is 3.34. The molecule has 0 aromatic heterocycles. The Balaban J connectivity index is 2.41. The van der Waals surface area contributed by atoms with Gasteiger partial charge in [-0.3, -0.25) is 9.79 Å². The fourth-order valence-electron chi connectivity index (χ4n) is 1.77. The quantitative estimate of drug-likeness (QED) is 0.533. The number of benzene rings is 1. The van der Waals surface area contributed by atoms with Gasteiger partial charge in [0, 0.05) is 36.2 Å². The van der Waals surface area contributed by atoms with Crippen LogP contribution in [-0.4, -0.2) is 31.5 Å². The number of guanidine groups is 1. The highest BCUT2D eigenvalue weighted by atomic mass is 79.9. The highest BCUT2D eigenvalue weighted by Crippen LogP contribution is 2.20. The Hall–Kier alpha value is -1.56. The van der Waals surface area contributed by atoms with Crippen molar-refractivity contribution in [2.75, 3.05) is 18.9 Å². The molecular weight excluding hydrogens is 344 g/mol. The van der Waals surface area contributed by atoms with Crippen LogP contribution in [0.4, 0.5) is 5.69 Å². The van der Waals surface area contributed by atoms with Gasteiger partial charge < -0.3 is 16.0 Å². The number of aliphatic imine (C=N–C) groups is 1. The molecule has 1 atom stereocenters. The van der Waals surface area contributed by atoms with E-state index in [9.17, 15) is 4.79 Å². The van der Waals surface area contributed by atoms with Gasteiger partial charge in [0.1, 0.15) is 0 Å². The Morgan fingerprint density at radius 1 is 1.41 bits per heavy atom. The Morgan fingerprint density at radius 2 is 2.14 bits per heavy atom. The molecule has 0 aliphatic rings. The third kappa shape index (κ3) is 6.47. The largest absolute Gasteiger partial charge is 0.356 e. The van der Waals surface area contributed by atoms with Gasteiger partial charge in [0.2, 0.25) is 5.91 Å². The Bertz CT molecular complexity index is 531. The van der Waals surface area contributed by atoms with Crippen LogP contribution in [0.15, 0.2) is 27.7 Å². The molecule has 1 unspecified atom stereocenters. The molecule has 0 aliphatic heterocycles. The molecule has 0 heterocycles. The zero-order valence-corrected chi connectivity index (χ0v) is 15.3. The second kappa shape index (κ2) is 9.46. The van der Waals surface area contributed by atoms with E-state index in [0.717, 1.165) is 28.1 Å². The average Bonchev–Trinajstić information content (AvgIpc) is 2.49. The topological polar surface area (TPSA) is 65.5 Å². The van der Waals surface area contributed by atoms with Gasteiger partial charge in [-0.2, -0.15) is 0 Å². The molecule has 0 radical (unpaired) electrons. The number of aryl methyl sites for hydroxylation is 1. The summed E-state index contributed by atoms with van der Waals surface area (Å²) in [6.07, 6.45) is 1.40. The smallest absolute Gasteiger partial charge is 0.226 e. The molecule has 3 N–H and O–H groups in total. The Kier molecular flexibility index (Phi) is 7.95. The molecule has 0 fully saturated rings. The fraction of sp³-hybridized carbons (Fsp3) is 0.500. The molecule has 1 aromatic rings. The molecule has 0 saturated heterocycles. The van der Waals surface area contributed by atoms with Crippen molar-refractivity contribution in [3.8, 4) is 0 Å². The number of hydrogen-bond donors (Lipinski definition) is 3. The maximum Gasteiger partial charge on any atom is 0.226 e. The molecular formula is C16H25BrN4O. The van der Waals surface area contributed by atoms with Crippen molar-refractivity contribution in [1.82, 2.24) is 10.6 Å². The highest BCUT2D eigenvalue weighted by Gasteiger charge is 2.07. The summed E-state index contributed by atoms with van der Waals surface area (Å²) >= 11 is 3.41. The first kappa shape index (κ1) is 18.5. The average molecular weight is 369 g/mol. The maximum absolute atomic E-state index is 12.0. The zero-order valence-electron chi connectivity index (χ0n) is 13.7. The van der Waals surface area contributed by atoms with Gasteiger partial charge in [-0.25, -0.2) is 0 Å². The first-order chi connectivity index (χ1) is 10.5. The fourth-order valence-corrected chi connectivity index (χ4v) is 2.13.